The van der Waals surface area contributed by atoms with Crippen molar-refractivity contribution in [3.05, 3.63) is 5.53 Å². The summed E-state index contributed by atoms with van der Waals surface area (Å²) in [5, 5.41) is 0. The first-order chi connectivity index (χ1) is 6.33. The van der Waals surface area contributed by atoms with Crippen LogP contribution in [0, 0.1) is 0 Å². The number of ketones is 1. The molecule has 1 rings (SSSR count). The van der Waals surface area contributed by atoms with E-state index in [4.69, 9.17) is 10.3 Å². The zero-order chi connectivity index (χ0) is 9.52. The molecule has 1 atom stereocenters. The van der Waals surface area contributed by atoms with Crippen LogP contribution in [0.4, 0.5) is 0 Å². The molecule has 13 heavy (non-hydrogen) atoms. The lowest BCUT2D eigenvalue weighted by molar-refractivity contribution is -0.118. The fraction of sp³-hybridized carbons (Fsp3) is 0.778. The molecule has 0 aromatic heterocycles. The van der Waals surface area contributed by atoms with Crippen molar-refractivity contribution >= 4 is 12.0 Å². The number of carbonyl (C=O) groups excluding carboxylic acids is 1. The zero-order valence-corrected chi connectivity index (χ0v) is 7.61. The lowest BCUT2D eigenvalue weighted by atomic mass is 10.1. The third-order valence-corrected chi connectivity index (χ3v) is 2.15. The van der Waals surface area contributed by atoms with Crippen LogP contribution in [-0.4, -0.2) is 29.5 Å². The van der Waals surface area contributed by atoms with Gasteiger partial charge in [-0.1, -0.05) is 12.8 Å². The lowest BCUT2D eigenvalue weighted by Gasteiger charge is -2.11. The number of carbonyl (C=O) groups is 1. The highest BCUT2D eigenvalue weighted by Gasteiger charge is 2.16. The molecule has 0 aliphatic carbocycles. The average Bonchev–Trinajstić information content (AvgIpc) is 2.33. The van der Waals surface area contributed by atoms with E-state index >= 15 is 0 Å². The maximum atomic E-state index is 11.0. The summed E-state index contributed by atoms with van der Waals surface area (Å²) >= 11 is 0. The largest absolute Gasteiger partial charge is 0.378 e. The summed E-state index contributed by atoms with van der Waals surface area (Å²) in [4.78, 5) is 13.7. The first-order valence-corrected chi connectivity index (χ1v) is 4.65. The summed E-state index contributed by atoms with van der Waals surface area (Å²) in [7, 11) is 0. The molecule has 0 amide bonds. The molecular formula is C9H14N2O2. The molecule has 0 radical (unpaired) electrons. The molecule has 0 N–H and O–H groups in total. The van der Waals surface area contributed by atoms with Gasteiger partial charge in [0, 0.05) is 13.0 Å². The number of ether oxygens (including phenoxy) is 1. The van der Waals surface area contributed by atoms with Crippen molar-refractivity contribution in [3.8, 4) is 0 Å². The van der Waals surface area contributed by atoms with Crippen LogP contribution in [0.1, 0.15) is 32.1 Å². The van der Waals surface area contributed by atoms with E-state index in [1.54, 1.807) is 0 Å². The molecule has 72 valence electrons. The monoisotopic (exact) mass is 182 g/mol. The Labute approximate surface area is 77.5 Å². The predicted octanol–water partition coefficient (Wildman–Crippen LogP) is 1.21. The Morgan fingerprint density at radius 1 is 1.54 bits per heavy atom. The molecule has 0 bridgehead atoms. The molecule has 0 saturated carbocycles. The summed E-state index contributed by atoms with van der Waals surface area (Å²) in [6.45, 7) is 0.744. The van der Waals surface area contributed by atoms with Crippen molar-refractivity contribution in [1.29, 1.82) is 0 Å². The van der Waals surface area contributed by atoms with Gasteiger partial charge in [-0.2, -0.15) is 4.79 Å². The van der Waals surface area contributed by atoms with E-state index in [0.29, 0.717) is 6.42 Å². The van der Waals surface area contributed by atoms with E-state index in [0.717, 1.165) is 32.1 Å². The van der Waals surface area contributed by atoms with Crippen molar-refractivity contribution in [2.45, 2.75) is 38.2 Å². The highest BCUT2D eigenvalue weighted by Crippen LogP contribution is 2.15. The normalized spacial score (nSPS) is 22.9. The topological polar surface area (TPSA) is 62.7 Å². The predicted molar refractivity (Wildman–Crippen MR) is 47.5 cm³/mol. The quantitative estimate of drug-likeness (QED) is 0.374. The second kappa shape index (κ2) is 5.62. The molecule has 1 heterocycles. The van der Waals surface area contributed by atoms with E-state index in [1.165, 1.54) is 6.42 Å². The van der Waals surface area contributed by atoms with Gasteiger partial charge < -0.3 is 10.3 Å². The van der Waals surface area contributed by atoms with Crippen LogP contribution < -0.4 is 0 Å². The minimum Gasteiger partial charge on any atom is -0.378 e. The molecule has 1 saturated heterocycles. The van der Waals surface area contributed by atoms with Gasteiger partial charge in [0.1, 0.15) is 0 Å². The molecule has 1 aliphatic heterocycles. The van der Waals surface area contributed by atoms with Gasteiger partial charge >= 0.3 is 6.21 Å². The van der Waals surface area contributed by atoms with Gasteiger partial charge in [-0.25, -0.2) is 0 Å². The molecule has 4 nitrogen and oxygen atoms in total. The van der Waals surface area contributed by atoms with Crippen molar-refractivity contribution in [3.63, 3.8) is 0 Å². The number of hydrogen-bond acceptors (Lipinski definition) is 2. The van der Waals surface area contributed by atoms with E-state index in [2.05, 4.69) is 4.79 Å². The van der Waals surface area contributed by atoms with Crippen LogP contribution in [0.15, 0.2) is 0 Å². The van der Waals surface area contributed by atoms with Gasteiger partial charge in [-0.15, -0.1) is 0 Å². The van der Waals surface area contributed by atoms with Crippen LogP contribution in [0.3, 0.4) is 0 Å². The van der Waals surface area contributed by atoms with Crippen molar-refractivity contribution in [2.24, 2.45) is 0 Å². The van der Waals surface area contributed by atoms with Crippen LogP contribution in [0.2, 0.25) is 0 Å². The van der Waals surface area contributed by atoms with Gasteiger partial charge in [0.25, 0.3) is 0 Å². The molecule has 0 aromatic rings. The second-order valence-corrected chi connectivity index (χ2v) is 3.26. The van der Waals surface area contributed by atoms with Crippen LogP contribution in [0.25, 0.3) is 5.53 Å². The number of hydrogen-bond donors (Lipinski definition) is 0. The van der Waals surface area contributed by atoms with Gasteiger partial charge in [-0.3, -0.25) is 4.79 Å². The Kier molecular flexibility index (Phi) is 4.36. The third-order valence-electron chi connectivity index (χ3n) is 2.15. The first-order valence-electron chi connectivity index (χ1n) is 4.65. The first kappa shape index (κ1) is 10.1. The van der Waals surface area contributed by atoms with Crippen molar-refractivity contribution in [1.82, 2.24) is 0 Å². The summed E-state index contributed by atoms with van der Waals surface area (Å²) in [6, 6.07) is 0. The van der Waals surface area contributed by atoms with Crippen molar-refractivity contribution in [2.75, 3.05) is 6.61 Å². The van der Waals surface area contributed by atoms with E-state index in [-0.39, 0.29) is 11.9 Å². The van der Waals surface area contributed by atoms with Crippen molar-refractivity contribution < 1.29 is 14.3 Å². The molecule has 1 fully saturated rings. The summed E-state index contributed by atoms with van der Waals surface area (Å²) in [5.41, 5.74) is 8.13. The van der Waals surface area contributed by atoms with Crippen LogP contribution in [0.5, 0.6) is 0 Å². The van der Waals surface area contributed by atoms with Gasteiger partial charge in [0.2, 0.25) is 5.78 Å². The Balaban J connectivity index is 2.33. The molecule has 1 unspecified atom stereocenters. The molecular weight excluding hydrogens is 168 g/mol. The van der Waals surface area contributed by atoms with E-state index < -0.39 is 0 Å². The average molecular weight is 182 g/mol. The zero-order valence-electron chi connectivity index (χ0n) is 7.61. The molecule has 0 spiro atoms. The SMILES string of the molecule is [N-]=[N+]=CC(=O)CC1CCCCCO1. The highest BCUT2D eigenvalue weighted by atomic mass is 16.5. The van der Waals surface area contributed by atoms with Crippen LogP contribution in [-0.2, 0) is 9.53 Å². The summed E-state index contributed by atoms with van der Waals surface area (Å²) in [5.74, 6) is -0.172. The van der Waals surface area contributed by atoms with E-state index in [9.17, 15) is 4.79 Å². The Bertz CT molecular complexity index is 214. The minimum absolute atomic E-state index is 0.0213. The molecule has 4 heteroatoms. The van der Waals surface area contributed by atoms with Gasteiger partial charge in [0.15, 0.2) is 0 Å². The van der Waals surface area contributed by atoms with Gasteiger partial charge in [0.05, 0.1) is 6.10 Å². The highest BCUT2D eigenvalue weighted by molar-refractivity contribution is 6.25. The van der Waals surface area contributed by atoms with Gasteiger partial charge in [-0.05, 0) is 12.8 Å². The minimum atomic E-state index is -0.172. The summed E-state index contributed by atoms with van der Waals surface area (Å²) < 4.78 is 5.46. The maximum Gasteiger partial charge on any atom is 0.323 e. The van der Waals surface area contributed by atoms with Crippen LogP contribution >= 0.6 is 0 Å². The second-order valence-electron chi connectivity index (χ2n) is 3.26. The fourth-order valence-electron chi connectivity index (χ4n) is 1.49. The standard InChI is InChI=1S/C9H14N2O2/c10-11-7-8(12)6-9-4-2-1-3-5-13-9/h7,9H,1-6H2. The smallest absolute Gasteiger partial charge is 0.323 e. The Hall–Kier alpha value is -0.990. The number of Topliss-reactive ketones (excluding diaryl/α,β-unsaturated/α-hetero) is 1. The maximum absolute atomic E-state index is 11.0. The Morgan fingerprint density at radius 2 is 2.38 bits per heavy atom. The van der Waals surface area contributed by atoms with E-state index in [1.807, 2.05) is 0 Å². The fourth-order valence-corrected chi connectivity index (χ4v) is 1.49. The molecule has 0 aromatic carbocycles. The molecule has 1 aliphatic rings. The lowest BCUT2D eigenvalue weighted by Crippen LogP contribution is -2.17. The summed E-state index contributed by atoms with van der Waals surface area (Å²) in [6.07, 6.45) is 5.61. The number of rotatable bonds is 3. The Morgan fingerprint density at radius 3 is 3.15 bits per heavy atom. The number of nitrogens with zero attached hydrogens (tertiary/aromatic N) is 2. The third kappa shape index (κ3) is 3.97.